The fourth-order valence-corrected chi connectivity index (χ4v) is 9.99. The Labute approximate surface area is 486 Å². The van der Waals surface area contributed by atoms with Gasteiger partial charge in [-0.2, -0.15) is 26.6 Å². The molecule has 0 atom stereocenters. The van der Waals surface area contributed by atoms with Crippen LogP contribution >= 0.6 is 11.6 Å². The molecule has 9 rings (SSSR count). The Bertz CT molecular complexity index is 4470. The van der Waals surface area contributed by atoms with Crippen LogP contribution in [-0.4, -0.2) is 109 Å². The summed E-state index contributed by atoms with van der Waals surface area (Å²) in [6, 6.07) is 33.6. The Hall–Kier alpha value is -8.75. The Kier molecular flexibility index (Phi) is 20.6. The molecule has 9 aromatic rings. The van der Waals surface area contributed by atoms with Crippen LogP contribution in [0.15, 0.2) is 164 Å². The van der Waals surface area contributed by atoms with Gasteiger partial charge in [-0.3, -0.25) is 19.2 Å². The second-order valence-electron chi connectivity index (χ2n) is 16.8. The first-order valence-electron chi connectivity index (χ1n) is 22.9. The van der Waals surface area contributed by atoms with Gasteiger partial charge in [0.2, 0.25) is 11.2 Å². The number of fused-ring (bicyclic) bond motifs is 2. The molecule has 83 heavy (non-hydrogen) atoms. The number of hydrogen-bond donors (Lipinski definition) is 6. The monoisotopic (exact) mass is 1270 g/mol. The third-order valence-electron chi connectivity index (χ3n) is 11.3. The van der Waals surface area contributed by atoms with Crippen molar-refractivity contribution in [2.75, 3.05) is 12.4 Å². The van der Waals surface area contributed by atoms with Crippen LogP contribution < -0.4 is 0 Å². The van der Waals surface area contributed by atoms with Gasteiger partial charge in [-0.1, -0.05) is 72.8 Å². The van der Waals surface area contributed by atoms with Gasteiger partial charge in [-0.15, -0.1) is 33.1 Å². The Balaban J connectivity index is 0.000000270. The van der Waals surface area contributed by atoms with Gasteiger partial charge in [0.05, 0.1) is 33.6 Å². The number of nitrogens with zero attached hydrogens (tertiary/aromatic N) is 10. The smallest absolute Gasteiger partial charge is 0.425 e. The van der Waals surface area contributed by atoms with Crippen molar-refractivity contribution >= 4 is 103 Å². The molecule has 0 saturated heterocycles. The van der Waals surface area contributed by atoms with E-state index in [2.05, 4.69) is 44.7 Å². The summed E-state index contributed by atoms with van der Waals surface area (Å²) < 4.78 is 118. The molecule has 0 radical (unpaired) electrons. The zero-order valence-corrected chi connectivity index (χ0v) is 47.3. The minimum atomic E-state index is -4.76. The zero-order chi connectivity index (χ0) is 59.7. The number of benzene rings is 7. The van der Waals surface area contributed by atoms with Crippen molar-refractivity contribution in [3.05, 3.63) is 177 Å². The number of rotatable bonds is 16. The molecule has 0 aliphatic heterocycles. The van der Waals surface area contributed by atoms with Gasteiger partial charge in [0.15, 0.2) is 21.3 Å². The number of hydrogen-bond acceptors (Lipinski definition) is 24. The largest absolute Gasteiger partial charge is 0.506 e. The molecule has 7 aromatic carbocycles. The normalized spacial score (nSPS) is 11.7. The number of nitro groups is 1. The summed E-state index contributed by atoms with van der Waals surface area (Å²) >= 11 is 6.18. The van der Waals surface area contributed by atoms with E-state index in [9.17, 15) is 60.3 Å². The van der Waals surface area contributed by atoms with E-state index in [1.54, 1.807) is 61.5 Å². The van der Waals surface area contributed by atoms with E-state index < -0.39 is 68.9 Å². The third kappa shape index (κ3) is 16.7. The van der Waals surface area contributed by atoms with Gasteiger partial charge in [0.25, 0.3) is 15.8 Å². The summed E-state index contributed by atoms with van der Waals surface area (Å²) in [4.78, 5) is 22.7. The molecule has 0 bridgehead atoms. The molecule has 34 heteroatoms. The number of azo groups is 2. The van der Waals surface area contributed by atoms with Crippen molar-refractivity contribution in [1.29, 1.82) is 0 Å². The topological polar surface area (TPSA) is 433 Å². The average Bonchev–Trinajstić information content (AvgIpc) is 3.18. The van der Waals surface area contributed by atoms with E-state index in [4.69, 9.17) is 28.8 Å². The van der Waals surface area contributed by atoms with Crippen molar-refractivity contribution in [1.82, 2.24) is 24.7 Å². The first kappa shape index (κ1) is 63.4. The SMILES string of the molecule is Cc1nn(-c2ccccc2)c(O)c1N=Nc1c(O)cc(S(=O)(=O)O)c2ccccc12.O=S(=O)=O.O=[N+]([O-])c1ccc(O)c(N=Nc2ccc3ccc(Cc4nc(Cl)nc(Cc5ccc(S(=O)(=O)CCOS(=O)(=O)O)cc5)n4)cc3c2O)c1.[Cr]. The van der Waals surface area contributed by atoms with E-state index in [1.807, 2.05) is 12.1 Å². The van der Waals surface area contributed by atoms with Gasteiger partial charge in [-0.05, 0) is 77.5 Å². The molecule has 0 spiro atoms. The number of aromatic nitrogens is 5. The van der Waals surface area contributed by atoms with Gasteiger partial charge in [0, 0.05) is 64.6 Å². The summed E-state index contributed by atoms with van der Waals surface area (Å²) in [6.45, 7) is 0.902. The number of sulfone groups is 1. The molecule has 6 N–H and O–H groups in total. The van der Waals surface area contributed by atoms with Gasteiger partial charge >= 0.3 is 21.0 Å². The molecule has 2 heterocycles. The average molecular weight is 1270 g/mol. The van der Waals surface area contributed by atoms with E-state index in [0.717, 1.165) is 24.3 Å². The summed E-state index contributed by atoms with van der Waals surface area (Å²) in [7, 11) is -16.3. The number of phenols is 3. The van der Waals surface area contributed by atoms with E-state index in [1.165, 1.54) is 47.1 Å². The first-order chi connectivity index (χ1) is 38.7. The molecular formula is C49H39ClCrN10O18S4. The zero-order valence-electron chi connectivity index (χ0n) is 42.0. The number of non-ortho nitro benzene ring substituents is 1. The minimum Gasteiger partial charge on any atom is -0.506 e. The van der Waals surface area contributed by atoms with E-state index in [0.29, 0.717) is 44.9 Å². The molecule has 0 aliphatic rings. The number of nitro benzene ring substituents is 1. The molecule has 0 amide bonds. The van der Waals surface area contributed by atoms with Crippen LogP contribution in [0.1, 0.15) is 28.5 Å². The van der Waals surface area contributed by atoms with Crippen LogP contribution in [0, 0.1) is 17.0 Å². The third-order valence-corrected chi connectivity index (χ3v) is 14.5. The van der Waals surface area contributed by atoms with Crippen LogP contribution in [0.4, 0.5) is 28.4 Å². The minimum absolute atomic E-state index is 0. The number of para-hydroxylation sites is 1. The van der Waals surface area contributed by atoms with Crippen molar-refractivity contribution in [3.8, 4) is 28.8 Å². The van der Waals surface area contributed by atoms with E-state index in [-0.39, 0.29) is 97.0 Å². The van der Waals surface area contributed by atoms with Crippen LogP contribution in [0.5, 0.6) is 23.1 Å². The van der Waals surface area contributed by atoms with Gasteiger partial charge < -0.3 is 20.4 Å². The Morgan fingerprint density at radius 1 is 0.663 bits per heavy atom. The molecule has 0 fully saturated rings. The summed E-state index contributed by atoms with van der Waals surface area (Å²) in [5, 5.41) is 74.6. The maximum Gasteiger partial charge on any atom is 0.425 e. The quantitative estimate of drug-likeness (QED) is 0.0228. The summed E-state index contributed by atoms with van der Waals surface area (Å²) in [5.41, 5.74) is 2.08. The molecule has 430 valence electrons. The van der Waals surface area contributed by atoms with Crippen molar-refractivity contribution in [2.24, 2.45) is 20.5 Å². The predicted molar refractivity (Wildman–Crippen MR) is 290 cm³/mol. The van der Waals surface area contributed by atoms with E-state index >= 15 is 0 Å². The number of aromatic hydroxyl groups is 4. The fraction of sp³-hybridized carbons (Fsp3) is 0.102. The fourth-order valence-electron chi connectivity index (χ4n) is 7.59. The second kappa shape index (κ2) is 26.9. The number of phenolic OH excluding ortho intramolecular Hbond substituents is 3. The van der Waals surface area contributed by atoms with Crippen LogP contribution in [0.25, 0.3) is 27.2 Å². The Morgan fingerprint density at radius 3 is 1.87 bits per heavy atom. The van der Waals surface area contributed by atoms with Crippen LogP contribution in [-0.2, 0) is 75.3 Å². The van der Waals surface area contributed by atoms with Crippen LogP contribution in [0.2, 0.25) is 5.28 Å². The first-order valence-corrected chi connectivity index (χ1v) is 28.7. The maximum absolute atomic E-state index is 12.4. The molecule has 0 unspecified atom stereocenters. The molecular weight excluding hydrogens is 1230 g/mol. The Morgan fingerprint density at radius 2 is 1.24 bits per heavy atom. The summed E-state index contributed by atoms with van der Waals surface area (Å²) in [5.74, 6) is -1.31. The number of halogens is 1. The molecule has 0 aliphatic carbocycles. The maximum atomic E-state index is 12.4. The second-order valence-corrected chi connectivity index (χ2v) is 22.1. The predicted octanol–water partition coefficient (Wildman–Crippen LogP) is 8.59. The standard InChI is InChI=1S/C29H23ClN6O10S2.C20H16N4O5S.Cr.O3S/c30-29-32-26(14-17-2-7-21(8-3-17)47(41,42)12-11-46-48(43,44)45)31-27(33-29)15-18-1-4-19-5-9-23(28(38)22(19)13-18)34-35-24-16-20(36(39)40)6-10-25(24)37;1-12-18(20(26)24(23-12)13-7-3-2-4-8-13)21-22-19-15-10-6-5-9-14(15)17(11-16(19)25)30(27,28)29;;1-4(2)3/h1-10,13,16,37-38H,11-12,14-15H2,(H,43,44,45);2-11,25-26H,1H3,(H,27,28,29);;. The molecule has 28 nitrogen and oxygen atoms in total. The van der Waals surface area contributed by atoms with Crippen molar-refractivity contribution < 1.29 is 93.9 Å². The number of aryl methyl sites for hydroxylation is 1. The molecule has 0 saturated carbocycles. The van der Waals surface area contributed by atoms with Crippen molar-refractivity contribution in [2.45, 2.75) is 29.6 Å². The van der Waals surface area contributed by atoms with Gasteiger partial charge in [-0.25, -0.2) is 27.6 Å². The summed E-state index contributed by atoms with van der Waals surface area (Å²) in [6.07, 6.45) is 0.370. The van der Waals surface area contributed by atoms with Crippen LogP contribution in [0.3, 0.4) is 0 Å². The van der Waals surface area contributed by atoms with Gasteiger partial charge in [0.1, 0.15) is 45.1 Å². The van der Waals surface area contributed by atoms with Crippen molar-refractivity contribution in [3.63, 3.8) is 0 Å². The molecule has 2 aromatic heterocycles.